The lowest BCUT2D eigenvalue weighted by atomic mass is 9.77. The van der Waals surface area contributed by atoms with Gasteiger partial charge in [0, 0.05) is 26.2 Å². The summed E-state index contributed by atoms with van der Waals surface area (Å²) in [6.45, 7) is 13.1. The van der Waals surface area contributed by atoms with Crippen LogP contribution in [0.5, 0.6) is 0 Å². The second-order valence-electron chi connectivity index (χ2n) is 7.93. The van der Waals surface area contributed by atoms with Crippen LogP contribution in [0, 0.1) is 17.3 Å². The molecule has 2 rings (SSSR count). The molecule has 0 aromatic heterocycles. The lowest BCUT2D eigenvalue weighted by molar-refractivity contribution is 0.134. The molecule has 0 aromatic rings. The van der Waals surface area contributed by atoms with Gasteiger partial charge in [-0.3, -0.25) is 0 Å². The third kappa shape index (κ3) is 3.89. The molecule has 116 valence electrons. The first-order valence-corrected chi connectivity index (χ1v) is 8.42. The van der Waals surface area contributed by atoms with Crippen LogP contribution in [0.15, 0.2) is 0 Å². The van der Waals surface area contributed by atoms with Crippen molar-refractivity contribution in [2.24, 2.45) is 17.3 Å². The zero-order valence-electron chi connectivity index (χ0n) is 13.8. The lowest BCUT2D eigenvalue weighted by Gasteiger charge is -2.35. The Labute approximate surface area is 124 Å². The highest BCUT2D eigenvalue weighted by molar-refractivity contribution is 5.74. The van der Waals surface area contributed by atoms with Gasteiger partial charge in [-0.05, 0) is 49.4 Å². The standard InChI is InChI=1S/C17H32N2O/c1-14-7-11-19(12-8-14)16(20)18-10-5-6-15(9-13-18)17(2,3)4/h14-15H,5-13H2,1-4H3. The van der Waals surface area contributed by atoms with Crippen molar-refractivity contribution in [3.05, 3.63) is 0 Å². The monoisotopic (exact) mass is 280 g/mol. The minimum atomic E-state index is 0.298. The number of rotatable bonds is 0. The van der Waals surface area contributed by atoms with Crippen LogP contribution in [0.3, 0.4) is 0 Å². The molecule has 0 N–H and O–H groups in total. The number of nitrogens with zero attached hydrogens (tertiary/aromatic N) is 2. The molecule has 0 saturated carbocycles. The largest absolute Gasteiger partial charge is 0.325 e. The highest BCUT2D eigenvalue weighted by atomic mass is 16.2. The molecule has 0 spiro atoms. The van der Waals surface area contributed by atoms with E-state index in [-0.39, 0.29) is 0 Å². The Morgan fingerprint density at radius 3 is 2.05 bits per heavy atom. The third-order valence-electron chi connectivity index (χ3n) is 5.28. The fourth-order valence-electron chi connectivity index (χ4n) is 3.55. The van der Waals surface area contributed by atoms with Gasteiger partial charge < -0.3 is 9.80 Å². The van der Waals surface area contributed by atoms with Crippen LogP contribution in [0.25, 0.3) is 0 Å². The van der Waals surface area contributed by atoms with Gasteiger partial charge >= 0.3 is 6.03 Å². The second-order valence-corrected chi connectivity index (χ2v) is 7.93. The molecule has 3 nitrogen and oxygen atoms in total. The number of carbonyl (C=O) groups excluding carboxylic acids is 1. The molecule has 1 unspecified atom stereocenters. The van der Waals surface area contributed by atoms with Crippen molar-refractivity contribution in [1.82, 2.24) is 9.80 Å². The fraction of sp³-hybridized carbons (Fsp3) is 0.941. The number of hydrogen-bond donors (Lipinski definition) is 0. The fourth-order valence-corrected chi connectivity index (χ4v) is 3.55. The molecule has 3 heteroatoms. The van der Waals surface area contributed by atoms with E-state index in [2.05, 4.69) is 37.5 Å². The Hall–Kier alpha value is -0.730. The van der Waals surface area contributed by atoms with E-state index in [0.717, 1.165) is 44.4 Å². The zero-order chi connectivity index (χ0) is 14.8. The minimum absolute atomic E-state index is 0.298. The van der Waals surface area contributed by atoms with Gasteiger partial charge in [-0.1, -0.05) is 27.7 Å². The van der Waals surface area contributed by atoms with Crippen molar-refractivity contribution in [2.45, 2.75) is 59.8 Å². The Kier molecular flexibility index (Phi) is 4.98. The lowest BCUT2D eigenvalue weighted by Crippen LogP contribution is -2.46. The van der Waals surface area contributed by atoms with E-state index in [9.17, 15) is 4.79 Å². The van der Waals surface area contributed by atoms with Crippen molar-refractivity contribution >= 4 is 6.03 Å². The third-order valence-corrected chi connectivity index (χ3v) is 5.28. The minimum Gasteiger partial charge on any atom is -0.325 e. The maximum atomic E-state index is 12.6. The first-order valence-electron chi connectivity index (χ1n) is 8.42. The van der Waals surface area contributed by atoms with E-state index in [1.54, 1.807) is 0 Å². The normalized spacial score (nSPS) is 26.5. The summed E-state index contributed by atoms with van der Waals surface area (Å²) in [5.74, 6) is 1.54. The van der Waals surface area contributed by atoms with Gasteiger partial charge in [0.15, 0.2) is 0 Å². The summed E-state index contributed by atoms with van der Waals surface area (Å²) in [4.78, 5) is 16.8. The van der Waals surface area contributed by atoms with Gasteiger partial charge in [-0.15, -0.1) is 0 Å². The van der Waals surface area contributed by atoms with Crippen LogP contribution in [0.1, 0.15) is 59.8 Å². The number of urea groups is 1. The molecule has 0 radical (unpaired) electrons. The van der Waals surface area contributed by atoms with E-state index < -0.39 is 0 Å². The van der Waals surface area contributed by atoms with E-state index >= 15 is 0 Å². The van der Waals surface area contributed by atoms with Gasteiger partial charge in [0.25, 0.3) is 0 Å². The number of carbonyl (C=O) groups is 1. The maximum Gasteiger partial charge on any atom is 0.319 e. The Bertz CT molecular complexity index is 326. The van der Waals surface area contributed by atoms with Crippen molar-refractivity contribution in [3.8, 4) is 0 Å². The van der Waals surface area contributed by atoms with Crippen molar-refractivity contribution in [3.63, 3.8) is 0 Å². The van der Waals surface area contributed by atoms with Gasteiger partial charge in [0.2, 0.25) is 0 Å². The molecule has 2 heterocycles. The smallest absolute Gasteiger partial charge is 0.319 e. The first-order chi connectivity index (χ1) is 9.38. The van der Waals surface area contributed by atoms with Gasteiger partial charge in [0.1, 0.15) is 0 Å². The molecule has 2 amide bonds. The molecular weight excluding hydrogens is 248 g/mol. The highest BCUT2D eigenvalue weighted by Gasteiger charge is 2.30. The molecule has 2 saturated heterocycles. The molecule has 2 aliphatic heterocycles. The Balaban J connectivity index is 1.88. The van der Waals surface area contributed by atoms with Crippen molar-refractivity contribution < 1.29 is 4.79 Å². The molecule has 0 aliphatic carbocycles. The van der Waals surface area contributed by atoms with Crippen LogP contribution in [0.2, 0.25) is 0 Å². The van der Waals surface area contributed by atoms with E-state index in [1.165, 1.54) is 25.7 Å². The van der Waals surface area contributed by atoms with Crippen LogP contribution >= 0.6 is 0 Å². The number of amides is 2. The highest BCUT2D eigenvalue weighted by Crippen LogP contribution is 2.34. The molecule has 20 heavy (non-hydrogen) atoms. The maximum absolute atomic E-state index is 12.6. The van der Waals surface area contributed by atoms with Gasteiger partial charge in [0.05, 0.1) is 0 Å². The number of likely N-dealkylation sites (tertiary alicyclic amines) is 2. The van der Waals surface area contributed by atoms with Crippen LogP contribution in [0.4, 0.5) is 4.79 Å². The average molecular weight is 280 g/mol. The second kappa shape index (κ2) is 6.36. The molecular formula is C17H32N2O. The average Bonchev–Trinajstić information content (AvgIpc) is 2.64. The molecule has 1 atom stereocenters. The Morgan fingerprint density at radius 2 is 1.45 bits per heavy atom. The summed E-state index contributed by atoms with van der Waals surface area (Å²) >= 11 is 0. The first kappa shape index (κ1) is 15.7. The van der Waals surface area contributed by atoms with Gasteiger partial charge in [-0.25, -0.2) is 4.79 Å². The molecule has 0 aromatic carbocycles. The van der Waals surface area contributed by atoms with Crippen LogP contribution in [-0.4, -0.2) is 42.0 Å². The van der Waals surface area contributed by atoms with E-state index in [4.69, 9.17) is 0 Å². The van der Waals surface area contributed by atoms with Crippen LogP contribution in [-0.2, 0) is 0 Å². The summed E-state index contributed by atoms with van der Waals surface area (Å²) < 4.78 is 0. The SMILES string of the molecule is CC1CCN(C(=O)N2CCCC(C(C)(C)C)CC2)CC1. The summed E-state index contributed by atoms with van der Waals surface area (Å²) in [6, 6.07) is 0.298. The van der Waals surface area contributed by atoms with Crippen molar-refractivity contribution in [2.75, 3.05) is 26.2 Å². The summed E-state index contributed by atoms with van der Waals surface area (Å²) in [5, 5.41) is 0. The topological polar surface area (TPSA) is 23.6 Å². The van der Waals surface area contributed by atoms with E-state index in [1.807, 2.05) is 0 Å². The van der Waals surface area contributed by atoms with Crippen LogP contribution < -0.4 is 0 Å². The van der Waals surface area contributed by atoms with Gasteiger partial charge in [-0.2, -0.15) is 0 Å². The molecule has 0 bridgehead atoms. The predicted octanol–water partition coefficient (Wildman–Crippen LogP) is 3.99. The zero-order valence-corrected chi connectivity index (χ0v) is 13.8. The predicted molar refractivity (Wildman–Crippen MR) is 83.7 cm³/mol. The summed E-state index contributed by atoms with van der Waals surface area (Å²) in [7, 11) is 0. The molecule has 2 fully saturated rings. The summed E-state index contributed by atoms with van der Waals surface area (Å²) in [5.41, 5.74) is 0.375. The summed E-state index contributed by atoms with van der Waals surface area (Å²) in [6.07, 6.45) is 5.94. The number of hydrogen-bond acceptors (Lipinski definition) is 1. The Morgan fingerprint density at radius 1 is 0.900 bits per heavy atom. The number of piperidine rings is 1. The van der Waals surface area contributed by atoms with Crippen molar-refractivity contribution in [1.29, 1.82) is 0 Å². The quantitative estimate of drug-likeness (QED) is 0.658. The molecule has 2 aliphatic rings. The van der Waals surface area contributed by atoms with E-state index in [0.29, 0.717) is 11.4 Å².